The molecule has 0 saturated carbocycles. The summed E-state index contributed by atoms with van der Waals surface area (Å²) in [4.78, 5) is 0. The summed E-state index contributed by atoms with van der Waals surface area (Å²) in [5, 5.41) is 2.57. The first-order valence-corrected chi connectivity index (χ1v) is 18.3. The highest BCUT2D eigenvalue weighted by atomic mass is 15.0. The van der Waals surface area contributed by atoms with Crippen LogP contribution in [-0.4, -0.2) is 4.57 Å². The summed E-state index contributed by atoms with van der Waals surface area (Å²) in [5.74, 6) is 0. The molecule has 0 unspecified atom stereocenters. The molecule has 248 valence electrons. The van der Waals surface area contributed by atoms with Gasteiger partial charge in [-0.25, -0.2) is 0 Å². The van der Waals surface area contributed by atoms with Gasteiger partial charge in [-0.15, -0.1) is 0 Å². The van der Waals surface area contributed by atoms with Crippen LogP contribution in [-0.2, 0) is 6.42 Å². The van der Waals surface area contributed by atoms with Crippen LogP contribution < -0.4 is 0 Å². The number of nitrogens with zero attached hydrogens (tertiary/aromatic N) is 1. The molecule has 0 saturated heterocycles. The van der Waals surface area contributed by atoms with Crippen molar-refractivity contribution in [1.29, 1.82) is 0 Å². The second-order valence-corrected chi connectivity index (χ2v) is 13.7. The van der Waals surface area contributed by atoms with Gasteiger partial charge in [0, 0.05) is 16.5 Å². The first kappa shape index (κ1) is 31.5. The zero-order valence-electron chi connectivity index (χ0n) is 29.1. The fourth-order valence-corrected chi connectivity index (χ4v) is 7.63. The Kier molecular flexibility index (Phi) is 8.52. The van der Waals surface area contributed by atoms with Crippen LogP contribution in [0.15, 0.2) is 194 Å². The van der Waals surface area contributed by atoms with Gasteiger partial charge in [0.1, 0.15) is 0 Å². The van der Waals surface area contributed by atoms with Gasteiger partial charge in [0.2, 0.25) is 0 Å². The molecule has 0 bridgehead atoms. The lowest BCUT2D eigenvalue weighted by Crippen LogP contribution is -1.93. The molecular weight excluding hydrogens is 627 g/mol. The highest BCUT2D eigenvalue weighted by molar-refractivity contribution is 6.11. The SMILES string of the molecule is C1=CCCC(c2ccc3c(c2)c2cc(-c4ccc(/C=C(/Cc5ccc(-c6ccccc6)cc5)c5ccccc5)cc4)ccc2n3-c2ccccc2)=C1. The van der Waals surface area contributed by atoms with Gasteiger partial charge in [0.25, 0.3) is 0 Å². The maximum atomic E-state index is 2.40. The van der Waals surface area contributed by atoms with E-state index in [2.05, 4.69) is 205 Å². The van der Waals surface area contributed by atoms with Crippen LogP contribution in [0.4, 0.5) is 0 Å². The summed E-state index contributed by atoms with van der Waals surface area (Å²) in [6.07, 6.45) is 12.1. The van der Waals surface area contributed by atoms with Gasteiger partial charge in [0.05, 0.1) is 11.0 Å². The van der Waals surface area contributed by atoms with E-state index >= 15 is 0 Å². The van der Waals surface area contributed by atoms with Gasteiger partial charge < -0.3 is 4.57 Å². The molecule has 0 spiro atoms. The third-order valence-corrected chi connectivity index (χ3v) is 10.3. The number of rotatable bonds is 8. The van der Waals surface area contributed by atoms with E-state index in [1.807, 2.05) is 0 Å². The van der Waals surface area contributed by atoms with E-state index in [9.17, 15) is 0 Å². The summed E-state index contributed by atoms with van der Waals surface area (Å²) >= 11 is 0. The molecule has 1 aliphatic carbocycles. The zero-order valence-corrected chi connectivity index (χ0v) is 29.1. The summed E-state index contributed by atoms with van der Waals surface area (Å²) < 4.78 is 2.40. The summed E-state index contributed by atoms with van der Waals surface area (Å²) in [5.41, 5.74) is 16.3. The summed E-state index contributed by atoms with van der Waals surface area (Å²) in [6.45, 7) is 0. The van der Waals surface area contributed by atoms with E-state index in [-0.39, 0.29) is 0 Å². The lowest BCUT2D eigenvalue weighted by Gasteiger charge is -2.11. The molecule has 1 nitrogen and oxygen atoms in total. The largest absolute Gasteiger partial charge is 0.309 e. The van der Waals surface area contributed by atoms with Crippen molar-refractivity contribution in [2.45, 2.75) is 19.3 Å². The van der Waals surface area contributed by atoms with Crippen LogP contribution in [0.3, 0.4) is 0 Å². The van der Waals surface area contributed by atoms with E-state index in [0.717, 1.165) is 19.3 Å². The molecule has 0 amide bonds. The molecule has 0 aliphatic heterocycles. The minimum atomic E-state index is 0.859. The quantitative estimate of drug-likeness (QED) is 0.142. The van der Waals surface area contributed by atoms with E-state index < -0.39 is 0 Å². The Labute approximate surface area is 306 Å². The highest BCUT2D eigenvalue weighted by Crippen LogP contribution is 2.37. The Hall–Kier alpha value is -6.44. The van der Waals surface area contributed by atoms with Crippen LogP contribution in [0, 0.1) is 0 Å². The first-order valence-electron chi connectivity index (χ1n) is 18.3. The van der Waals surface area contributed by atoms with Crippen LogP contribution in [0.1, 0.15) is 35.1 Å². The van der Waals surface area contributed by atoms with E-state index in [0.29, 0.717) is 0 Å². The Morgan fingerprint density at radius 1 is 0.519 bits per heavy atom. The first-order chi connectivity index (χ1) is 25.8. The van der Waals surface area contributed by atoms with E-state index in [1.54, 1.807) is 0 Å². The van der Waals surface area contributed by atoms with Crippen molar-refractivity contribution in [1.82, 2.24) is 4.57 Å². The van der Waals surface area contributed by atoms with Gasteiger partial charge >= 0.3 is 0 Å². The second kappa shape index (κ2) is 14.1. The Morgan fingerprint density at radius 2 is 1.08 bits per heavy atom. The number of hydrogen-bond donors (Lipinski definition) is 0. The number of aromatic nitrogens is 1. The van der Waals surface area contributed by atoms with Crippen molar-refractivity contribution in [3.05, 3.63) is 216 Å². The van der Waals surface area contributed by atoms with Gasteiger partial charge in [-0.2, -0.15) is 0 Å². The molecule has 0 atom stereocenters. The molecule has 8 aromatic rings. The van der Waals surface area contributed by atoms with E-state index in [1.165, 1.54) is 83.1 Å². The third kappa shape index (κ3) is 6.34. The zero-order chi connectivity index (χ0) is 34.7. The standard InChI is InChI=1S/C51H39N/c1-5-13-39(14-6-1)42-25-21-37(22-26-42)33-46(41-17-9-3-10-18-41)34-38-23-27-43(28-24-38)45-30-32-51-49(36-45)48-35-44(40-15-7-2-8-16-40)29-31-50(48)52(51)47-19-11-4-12-20-47/h1-7,9-15,17-32,34-36H,8,16,33H2/b46-34-. The molecule has 0 radical (unpaired) electrons. The lowest BCUT2D eigenvalue weighted by molar-refractivity contribution is 1.05. The Balaban J connectivity index is 1.06. The lowest BCUT2D eigenvalue weighted by atomic mass is 9.94. The van der Waals surface area contributed by atoms with Crippen molar-refractivity contribution in [3.8, 4) is 27.9 Å². The second-order valence-electron chi connectivity index (χ2n) is 13.7. The molecule has 0 N–H and O–H groups in total. The molecule has 52 heavy (non-hydrogen) atoms. The topological polar surface area (TPSA) is 4.93 Å². The van der Waals surface area contributed by atoms with E-state index in [4.69, 9.17) is 0 Å². The molecule has 1 heteroatoms. The van der Waals surface area contributed by atoms with Crippen molar-refractivity contribution >= 4 is 39.0 Å². The van der Waals surface area contributed by atoms with Crippen molar-refractivity contribution < 1.29 is 0 Å². The van der Waals surface area contributed by atoms with Crippen LogP contribution >= 0.6 is 0 Å². The number of para-hydroxylation sites is 1. The van der Waals surface area contributed by atoms with Crippen LogP contribution in [0.25, 0.3) is 67.0 Å². The van der Waals surface area contributed by atoms with Crippen LogP contribution in [0.2, 0.25) is 0 Å². The van der Waals surface area contributed by atoms with Gasteiger partial charge in [-0.3, -0.25) is 0 Å². The predicted octanol–water partition coefficient (Wildman–Crippen LogP) is 13.6. The molecule has 0 fully saturated rings. The van der Waals surface area contributed by atoms with Crippen LogP contribution in [0.5, 0.6) is 0 Å². The predicted molar refractivity (Wildman–Crippen MR) is 222 cm³/mol. The van der Waals surface area contributed by atoms with Gasteiger partial charge in [-0.1, -0.05) is 164 Å². The Bertz CT molecular complexity index is 2580. The fourth-order valence-electron chi connectivity index (χ4n) is 7.63. The molecule has 9 rings (SSSR count). The maximum Gasteiger partial charge on any atom is 0.0541 e. The van der Waals surface area contributed by atoms with Crippen molar-refractivity contribution in [3.63, 3.8) is 0 Å². The average Bonchev–Trinajstić information content (AvgIpc) is 3.55. The third-order valence-electron chi connectivity index (χ3n) is 10.3. The Morgan fingerprint density at radius 3 is 1.75 bits per heavy atom. The number of allylic oxidation sites excluding steroid dienone is 5. The average molecular weight is 666 g/mol. The van der Waals surface area contributed by atoms with Crippen molar-refractivity contribution in [2.24, 2.45) is 0 Å². The molecule has 7 aromatic carbocycles. The summed E-state index contributed by atoms with van der Waals surface area (Å²) in [6, 6.07) is 64.1. The van der Waals surface area contributed by atoms with Gasteiger partial charge in [-0.05, 0) is 111 Å². The molecule has 1 heterocycles. The number of benzene rings is 7. The summed E-state index contributed by atoms with van der Waals surface area (Å²) in [7, 11) is 0. The fraction of sp³-hybridized carbons (Fsp3) is 0.0588. The maximum absolute atomic E-state index is 2.40. The normalized spacial score (nSPS) is 13.1. The monoisotopic (exact) mass is 665 g/mol. The molecule has 1 aromatic heterocycles. The minimum absolute atomic E-state index is 0.859. The minimum Gasteiger partial charge on any atom is -0.309 e. The smallest absolute Gasteiger partial charge is 0.0541 e. The molecular formula is C51H39N. The highest BCUT2D eigenvalue weighted by Gasteiger charge is 2.15. The number of hydrogen-bond acceptors (Lipinski definition) is 0. The van der Waals surface area contributed by atoms with Gasteiger partial charge in [0.15, 0.2) is 0 Å². The number of fused-ring (bicyclic) bond motifs is 3. The molecule has 1 aliphatic rings. The van der Waals surface area contributed by atoms with Crippen molar-refractivity contribution in [2.75, 3.05) is 0 Å².